The van der Waals surface area contributed by atoms with Gasteiger partial charge in [-0.15, -0.1) is 0 Å². The molecule has 2 atom stereocenters. The monoisotopic (exact) mass is 314 g/mol. The second-order valence-electron chi connectivity index (χ2n) is 6.65. The van der Waals surface area contributed by atoms with Crippen molar-refractivity contribution >= 4 is 5.91 Å². The predicted molar refractivity (Wildman–Crippen MR) is 85.2 cm³/mol. The first-order chi connectivity index (χ1) is 11.1. The Labute approximate surface area is 135 Å². The van der Waals surface area contributed by atoms with E-state index in [0.717, 1.165) is 44.0 Å². The molecule has 0 bridgehead atoms. The first-order valence-electron chi connectivity index (χ1n) is 8.13. The van der Waals surface area contributed by atoms with Crippen LogP contribution in [0.15, 0.2) is 18.7 Å². The minimum absolute atomic E-state index is 0.0156. The molecule has 2 aromatic rings. The van der Waals surface area contributed by atoms with Crippen LogP contribution in [-0.4, -0.2) is 56.1 Å². The molecule has 1 fully saturated rings. The van der Waals surface area contributed by atoms with Gasteiger partial charge in [-0.2, -0.15) is 0 Å². The van der Waals surface area contributed by atoms with Crippen molar-refractivity contribution in [2.75, 3.05) is 20.1 Å². The van der Waals surface area contributed by atoms with Gasteiger partial charge in [0.2, 0.25) is 0 Å². The quantitative estimate of drug-likeness (QED) is 0.890. The van der Waals surface area contributed by atoms with Crippen LogP contribution in [0, 0.1) is 0 Å². The number of fused-ring (bicyclic) bond motifs is 1. The van der Waals surface area contributed by atoms with Crippen LogP contribution in [0.5, 0.6) is 0 Å². The Morgan fingerprint density at radius 2 is 2.17 bits per heavy atom. The molecule has 122 valence electrons. The van der Waals surface area contributed by atoms with E-state index in [4.69, 9.17) is 0 Å². The van der Waals surface area contributed by atoms with Gasteiger partial charge < -0.3 is 19.4 Å². The molecule has 1 N–H and O–H groups in total. The van der Waals surface area contributed by atoms with E-state index in [2.05, 4.69) is 27.2 Å². The van der Waals surface area contributed by atoms with E-state index >= 15 is 0 Å². The van der Waals surface area contributed by atoms with E-state index in [9.17, 15) is 4.79 Å². The van der Waals surface area contributed by atoms with Crippen molar-refractivity contribution in [1.82, 2.24) is 29.3 Å². The number of hydrogen-bond donors (Lipinski definition) is 1. The molecule has 2 aliphatic rings. The van der Waals surface area contributed by atoms with Crippen LogP contribution < -0.4 is 5.32 Å². The molecule has 0 saturated carbocycles. The van der Waals surface area contributed by atoms with Crippen molar-refractivity contribution in [3.63, 3.8) is 0 Å². The zero-order valence-electron chi connectivity index (χ0n) is 13.6. The van der Waals surface area contributed by atoms with E-state index in [-0.39, 0.29) is 17.9 Å². The number of nitrogens with zero attached hydrogens (tertiary/aromatic N) is 5. The molecular weight excluding hydrogens is 292 g/mol. The van der Waals surface area contributed by atoms with Crippen LogP contribution in [0.2, 0.25) is 0 Å². The highest BCUT2D eigenvalue weighted by Gasteiger charge is 2.35. The van der Waals surface area contributed by atoms with Crippen LogP contribution in [0.4, 0.5) is 0 Å². The van der Waals surface area contributed by atoms with Gasteiger partial charge in [0.15, 0.2) is 0 Å². The van der Waals surface area contributed by atoms with Gasteiger partial charge in [-0.1, -0.05) is 0 Å². The van der Waals surface area contributed by atoms with Crippen LogP contribution in [0.3, 0.4) is 0 Å². The number of nitrogens with one attached hydrogen (secondary N) is 1. The fourth-order valence-electron chi connectivity index (χ4n) is 3.85. The Hall–Kier alpha value is -2.15. The van der Waals surface area contributed by atoms with Crippen molar-refractivity contribution in [2.24, 2.45) is 7.05 Å². The van der Waals surface area contributed by atoms with Gasteiger partial charge in [-0.05, 0) is 13.5 Å². The molecule has 1 saturated heterocycles. The Balaban J connectivity index is 1.55. The molecule has 7 nitrogen and oxygen atoms in total. The Morgan fingerprint density at radius 3 is 2.96 bits per heavy atom. The number of likely N-dealkylation sites (tertiary alicyclic amines) is 1. The zero-order valence-corrected chi connectivity index (χ0v) is 13.6. The number of carbonyl (C=O) groups is 1. The summed E-state index contributed by atoms with van der Waals surface area (Å²) in [6, 6.07) is 0.0930. The second-order valence-corrected chi connectivity index (χ2v) is 6.65. The third-order valence-electron chi connectivity index (χ3n) is 5.01. The maximum absolute atomic E-state index is 12.7. The van der Waals surface area contributed by atoms with Crippen LogP contribution in [-0.2, 0) is 20.0 Å². The highest BCUT2D eigenvalue weighted by Crippen LogP contribution is 2.27. The SMILES string of the molecule is CN1C[C@@H](NC(=O)c2cnc3n2CCC3)[C@H](c2cncn2C)C1. The first kappa shape index (κ1) is 14.4. The molecule has 0 spiro atoms. The number of amides is 1. The fraction of sp³-hybridized carbons (Fsp3) is 0.562. The highest BCUT2D eigenvalue weighted by molar-refractivity contribution is 5.92. The molecule has 23 heavy (non-hydrogen) atoms. The molecular formula is C16H22N6O. The molecule has 0 aliphatic carbocycles. The van der Waals surface area contributed by atoms with Gasteiger partial charge in [0, 0.05) is 50.9 Å². The average molecular weight is 314 g/mol. The average Bonchev–Trinajstić information content (AvgIpc) is 3.22. The number of rotatable bonds is 3. The molecule has 0 radical (unpaired) electrons. The molecule has 2 aliphatic heterocycles. The largest absolute Gasteiger partial charge is 0.346 e. The lowest BCUT2D eigenvalue weighted by Gasteiger charge is -2.20. The number of aromatic nitrogens is 4. The van der Waals surface area contributed by atoms with E-state index in [1.165, 1.54) is 0 Å². The fourth-order valence-corrected chi connectivity index (χ4v) is 3.85. The molecule has 7 heteroatoms. The summed E-state index contributed by atoms with van der Waals surface area (Å²) in [4.78, 5) is 23.6. The van der Waals surface area contributed by atoms with Gasteiger partial charge in [-0.25, -0.2) is 9.97 Å². The summed E-state index contributed by atoms with van der Waals surface area (Å²) in [5.74, 6) is 1.28. The number of imidazole rings is 2. The van der Waals surface area contributed by atoms with E-state index < -0.39 is 0 Å². The standard InChI is InChI=1S/C16H22N6O/c1-20-8-11(13-6-17-10-21(13)2)12(9-20)19-16(23)14-7-18-15-4-3-5-22(14)15/h6-7,10-12H,3-5,8-9H2,1-2H3,(H,19,23)/t11-,12-/m1/s1. The molecule has 4 heterocycles. The summed E-state index contributed by atoms with van der Waals surface area (Å²) in [6.07, 6.45) is 7.47. The van der Waals surface area contributed by atoms with E-state index in [0.29, 0.717) is 5.69 Å². The molecule has 4 rings (SSSR count). The van der Waals surface area contributed by atoms with Crippen molar-refractivity contribution in [1.29, 1.82) is 0 Å². The Morgan fingerprint density at radius 1 is 1.30 bits per heavy atom. The predicted octanol–water partition coefficient (Wildman–Crippen LogP) is 0.390. The molecule has 2 aromatic heterocycles. The van der Waals surface area contributed by atoms with Crippen molar-refractivity contribution in [2.45, 2.75) is 31.3 Å². The minimum atomic E-state index is -0.0156. The lowest BCUT2D eigenvalue weighted by molar-refractivity contribution is 0.0926. The smallest absolute Gasteiger partial charge is 0.269 e. The number of carbonyl (C=O) groups excluding carboxylic acids is 1. The molecule has 0 unspecified atom stereocenters. The van der Waals surface area contributed by atoms with E-state index in [1.807, 2.05) is 28.7 Å². The molecule has 1 amide bonds. The summed E-state index contributed by atoms with van der Waals surface area (Å²) in [7, 11) is 4.09. The summed E-state index contributed by atoms with van der Waals surface area (Å²) < 4.78 is 4.09. The number of hydrogen-bond acceptors (Lipinski definition) is 4. The minimum Gasteiger partial charge on any atom is -0.346 e. The normalized spacial score (nSPS) is 24.1. The van der Waals surface area contributed by atoms with Crippen molar-refractivity contribution < 1.29 is 4.79 Å². The Bertz CT molecular complexity index is 733. The maximum atomic E-state index is 12.7. The van der Waals surface area contributed by atoms with Crippen LogP contribution >= 0.6 is 0 Å². The van der Waals surface area contributed by atoms with Gasteiger partial charge in [0.1, 0.15) is 11.5 Å². The Kier molecular flexibility index (Phi) is 3.45. The maximum Gasteiger partial charge on any atom is 0.269 e. The number of aryl methyl sites for hydroxylation is 2. The summed E-state index contributed by atoms with van der Waals surface area (Å²) in [5.41, 5.74) is 1.86. The summed E-state index contributed by atoms with van der Waals surface area (Å²) >= 11 is 0. The number of likely N-dealkylation sites (N-methyl/N-ethyl adjacent to an activating group) is 1. The topological polar surface area (TPSA) is 68.0 Å². The van der Waals surface area contributed by atoms with Gasteiger partial charge in [-0.3, -0.25) is 4.79 Å². The third kappa shape index (κ3) is 2.45. The highest BCUT2D eigenvalue weighted by atomic mass is 16.2. The van der Waals surface area contributed by atoms with Crippen molar-refractivity contribution in [3.8, 4) is 0 Å². The van der Waals surface area contributed by atoms with Crippen LogP contribution in [0.25, 0.3) is 0 Å². The van der Waals surface area contributed by atoms with Gasteiger partial charge in [0.05, 0.1) is 18.6 Å². The second kappa shape index (κ2) is 5.49. The van der Waals surface area contributed by atoms with Gasteiger partial charge in [0.25, 0.3) is 5.91 Å². The zero-order chi connectivity index (χ0) is 16.0. The lowest BCUT2D eigenvalue weighted by Crippen LogP contribution is -2.40. The first-order valence-corrected chi connectivity index (χ1v) is 8.13. The van der Waals surface area contributed by atoms with Crippen molar-refractivity contribution in [3.05, 3.63) is 35.9 Å². The molecule has 0 aromatic carbocycles. The summed E-state index contributed by atoms with van der Waals surface area (Å²) in [5, 5.41) is 3.22. The summed E-state index contributed by atoms with van der Waals surface area (Å²) in [6.45, 7) is 2.67. The van der Waals surface area contributed by atoms with Crippen LogP contribution in [0.1, 0.15) is 34.3 Å². The van der Waals surface area contributed by atoms with E-state index in [1.54, 1.807) is 6.20 Å². The van der Waals surface area contributed by atoms with Gasteiger partial charge >= 0.3 is 0 Å². The lowest BCUT2D eigenvalue weighted by atomic mass is 10.00. The third-order valence-corrected chi connectivity index (χ3v) is 5.01.